The van der Waals surface area contributed by atoms with Crippen molar-refractivity contribution in [1.29, 1.82) is 0 Å². The number of amides is 1. The van der Waals surface area contributed by atoms with Crippen molar-refractivity contribution in [2.75, 3.05) is 4.72 Å². The van der Waals surface area contributed by atoms with Crippen molar-refractivity contribution in [3.8, 4) is 0 Å². The van der Waals surface area contributed by atoms with Crippen LogP contribution in [-0.4, -0.2) is 14.3 Å². The number of anilines is 1. The molecule has 1 heterocycles. The monoisotopic (exact) mass is 432 g/mol. The standard InChI is InChI=1S/C20H17ClN2O3S2/c21-15-6-9-17-14(12-15)5-10-18(17)22-20(24)13-3-7-16(8-4-13)23-28(25,26)19-2-1-11-27-19/h1-4,6-9,11-12,18,23H,5,10H2,(H,22,24). The second-order valence-corrected chi connectivity index (χ2v) is 9.82. The van der Waals surface area contributed by atoms with Gasteiger partial charge in [-0.2, -0.15) is 0 Å². The Balaban J connectivity index is 1.44. The number of hydrogen-bond donors (Lipinski definition) is 2. The first-order valence-corrected chi connectivity index (χ1v) is 11.4. The normalized spacial score (nSPS) is 15.8. The predicted molar refractivity (Wildman–Crippen MR) is 112 cm³/mol. The largest absolute Gasteiger partial charge is 0.345 e. The molecule has 1 aliphatic carbocycles. The molecule has 1 unspecified atom stereocenters. The first-order chi connectivity index (χ1) is 13.4. The number of fused-ring (bicyclic) bond motifs is 1. The van der Waals surface area contributed by atoms with E-state index in [9.17, 15) is 13.2 Å². The van der Waals surface area contributed by atoms with Gasteiger partial charge < -0.3 is 5.32 Å². The number of carbonyl (C=O) groups is 1. The fraction of sp³-hybridized carbons (Fsp3) is 0.150. The van der Waals surface area contributed by atoms with Crippen molar-refractivity contribution in [2.45, 2.75) is 23.1 Å². The maximum Gasteiger partial charge on any atom is 0.271 e. The zero-order valence-corrected chi connectivity index (χ0v) is 17.1. The number of nitrogens with one attached hydrogen (secondary N) is 2. The van der Waals surface area contributed by atoms with Crippen LogP contribution in [0.5, 0.6) is 0 Å². The Kier molecular flexibility index (Phi) is 5.14. The van der Waals surface area contributed by atoms with Crippen LogP contribution in [0.3, 0.4) is 0 Å². The molecule has 0 fully saturated rings. The molecule has 4 rings (SSSR count). The van der Waals surface area contributed by atoms with Crippen LogP contribution in [-0.2, 0) is 16.4 Å². The number of hydrogen-bond acceptors (Lipinski definition) is 4. The Morgan fingerprint density at radius 3 is 2.61 bits per heavy atom. The maximum atomic E-state index is 12.6. The van der Waals surface area contributed by atoms with Gasteiger partial charge in [0.2, 0.25) is 0 Å². The number of rotatable bonds is 5. The van der Waals surface area contributed by atoms with Crippen LogP contribution in [0.25, 0.3) is 0 Å². The summed E-state index contributed by atoms with van der Waals surface area (Å²) in [7, 11) is -3.60. The lowest BCUT2D eigenvalue weighted by molar-refractivity contribution is 0.0936. The summed E-state index contributed by atoms with van der Waals surface area (Å²) in [6.07, 6.45) is 1.71. The summed E-state index contributed by atoms with van der Waals surface area (Å²) in [5.74, 6) is -0.194. The molecular formula is C20H17ClN2O3S2. The van der Waals surface area contributed by atoms with Crippen LogP contribution in [0.15, 0.2) is 64.2 Å². The van der Waals surface area contributed by atoms with E-state index in [0.717, 1.165) is 35.3 Å². The zero-order chi connectivity index (χ0) is 19.7. The van der Waals surface area contributed by atoms with E-state index in [0.29, 0.717) is 16.3 Å². The minimum Gasteiger partial charge on any atom is -0.345 e. The summed E-state index contributed by atoms with van der Waals surface area (Å²) in [6, 6.07) is 15.3. The SMILES string of the molecule is O=C(NC1CCc2cc(Cl)ccc21)c1ccc(NS(=O)(=O)c2cccs2)cc1. The smallest absolute Gasteiger partial charge is 0.271 e. The van der Waals surface area contributed by atoms with Crippen LogP contribution >= 0.6 is 22.9 Å². The Bertz CT molecular complexity index is 1110. The molecule has 3 aromatic rings. The van der Waals surface area contributed by atoms with E-state index >= 15 is 0 Å². The maximum absolute atomic E-state index is 12.6. The number of benzene rings is 2. The van der Waals surface area contributed by atoms with E-state index < -0.39 is 10.0 Å². The number of aryl methyl sites for hydroxylation is 1. The summed E-state index contributed by atoms with van der Waals surface area (Å²) in [5, 5.41) is 5.45. The van der Waals surface area contributed by atoms with Crippen molar-refractivity contribution in [3.63, 3.8) is 0 Å². The third-order valence-electron chi connectivity index (χ3n) is 4.65. The zero-order valence-electron chi connectivity index (χ0n) is 14.7. The molecule has 2 aromatic carbocycles. The van der Waals surface area contributed by atoms with Gasteiger partial charge in [-0.15, -0.1) is 11.3 Å². The van der Waals surface area contributed by atoms with Crippen LogP contribution in [0.4, 0.5) is 5.69 Å². The van der Waals surface area contributed by atoms with Crippen molar-refractivity contribution in [1.82, 2.24) is 5.32 Å². The van der Waals surface area contributed by atoms with Gasteiger partial charge in [-0.25, -0.2) is 8.42 Å². The van der Waals surface area contributed by atoms with Gasteiger partial charge in [0.15, 0.2) is 0 Å². The van der Waals surface area contributed by atoms with Gasteiger partial charge in [0.25, 0.3) is 15.9 Å². The molecule has 0 radical (unpaired) electrons. The molecule has 0 saturated heterocycles. The molecule has 28 heavy (non-hydrogen) atoms. The fourth-order valence-corrected chi connectivity index (χ4v) is 5.54. The average molecular weight is 433 g/mol. The summed E-state index contributed by atoms with van der Waals surface area (Å²) in [5.41, 5.74) is 3.14. The van der Waals surface area contributed by atoms with Crippen molar-refractivity contribution in [2.24, 2.45) is 0 Å². The Morgan fingerprint density at radius 1 is 1.11 bits per heavy atom. The number of halogens is 1. The second-order valence-electron chi connectivity index (χ2n) is 6.52. The van der Waals surface area contributed by atoms with Gasteiger partial charge in [-0.3, -0.25) is 9.52 Å². The van der Waals surface area contributed by atoms with E-state index in [1.807, 2.05) is 18.2 Å². The van der Waals surface area contributed by atoms with E-state index in [1.54, 1.807) is 41.8 Å². The van der Waals surface area contributed by atoms with Crippen LogP contribution < -0.4 is 10.0 Å². The van der Waals surface area contributed by atoms with Gasteiger partial charge in [0.05, 0.1) is 6.04 Å². The summed E-state index contributed by atoms with van der Waals surface area (Å²) < 4.78 is 27.3. The summed E-state index contributed by atoms with van der Waals surface area (Å²) in [4.78, 5) is 12.6. The highest BCUT2D eigenvalue weighted by atomic mass is 35.5. The Hall–Kier alpha value is -2.35. The molecule has 0 spiro atoms. The third-order valence-corrected chi connectivity index (χ3v) is 7.66. The molecule has 2 N–H and O–H groups in total. The molecule has 1 aromatic heterocycles. The number of carbonyl (C=O) groups excluding carboxylic acids is 1. The molecule has 1 amide bonds. The molecule has 1 atom stereocenters. The third kappa shape index (κ3) is 3.92. The fourth-order valence-electron chi connectivity index (χ4n) is 3.29. The van der Waals surface area contributed by atoms with Crippen LogP contribution in [0.2, 0.25) is 5.02 Å². The second kappa shape index (κ2) is 7.58. The van der Waals surface area contributed by atoms with Gasteiger partial charge >= 0.3 is 0 Å². The minimum atomic E-state index is -3.60. The minimum absolute atomic E-state index is 0.0447. The first kappa shape index (κ1) is 19.0. The lowest BCUT2D eigenvalue weighted by atomic mass is 10.1. The van der Waals surface area contributed by atoms with Gasteiger partial charge in [-0.1, -0.05) is 23.7 Å². The molecule has 0 aliphatic heterocycles. The molecule has 144 valence electrons. The van der Waals surface area contributed by atoms with Crippen LogP contribution in [0, 0.1) is 0 Å². The average Bonchev–Trinajstić information content (AvgIpc) is 3.33. The highest BCUT2D eigenvalue weighted by Crippen LogP contribution is 2.33. The topological polar surface area (TPSA) is 75.3 Å². The first-order valence-electron chi connectivity index (χ1n) is 8.68. The van der Waals surface area contributed by atoms with Gasteiger partial charge in [0.1, 0.15) is 4.21 Å². The molecular weight excluding hydrogens is 416 g/mol. The van der Waals surface area contributed by atoms with Gasteiger partial charge in [0, 0.05) is 16.3 Å². The highest BCUT2D eigenvalue weighted by Gasteiger charge is 2.24. The highest BCUT2D eigenvalue weighted by molar-refractivity contribution is 7.94. The number of thiophene rings is 1. The summed E-state index contributed by atoms with van der Waals surface area (Å²) >= 11 is 7.18. The molecule has 1 aliphatic rings. The van der Waals surface area contributed by atoms with Gasteiger partial charge in [-0.05, 0) is 71.8 Å². The predicted octanol–water partition coefficient (Wildman–Crippen LogP) is 4.62. The number of sulfonamides is 1. The molecule has 0 bridgehead atoms. The van der Waals surface area contributed by atoms with Crippen LogP contribution in [0.1, 0.15) is 33.9 Å². The van der Waals surface area contributed by atoms with E-state index in [1.165, 1.54) is 0 Å². The van der Waals surface area contributed by atoms with E-state index in [-0.39, 0.29) is 16.2 Å². The molecule has 0 saturated carbocycles. The summed E-state index contributed by atoms with van der Waals surface area (Å²) in [6.45, 7) is 0. The van der Waals surface area contributed by atoms with E-state index in [2.05, 4.69) is 10.0 Å². The Labute approximate surface area is 172 Å². The lowest BCUT2D eigenvalue weighted by Crippen LogP contribution is -2.27. The molecule has 8 heteroatoms. The Morgan fingerprint density at radius 2 is 1.89 bits per heavy atom. The van der Waals surface area contributed by atoms with E-state index in [4.69, 9.17) is 11.6 Å². The molecule has 5 nitrogen and oxygen atoms in total. The van der Waals surface area contributed by atoms with Crippen molar-refractivity contribution < 1.29 is 13.2 Å². The van der Waals surface area contributed by atoms with Crippen molar-refractivity contribution in [3.05, 3.63) is 81.7 Å². The van der Waals surface area contributed by atoms with Crippen molar-refractivity contribution >= 4 is 44.6 Å². The lowest BCUT2D eigenvalue weighted by Gasteiger charge is -2.14. The quantitative estimate of drug-likeness (QED) is 0.617.